The van der Waals surface area contributed by atoms with Crippen molar-refractivity contribution in [3.05, 3.63) is 35.4 Å². The highest BCUT2D eigenvalue weighted by atomic mass is 19.1. The summed E-state index contributed by atoms with van der Waals surface area (Å²) < 4.78 is 27.3. The molecule has 0 aromatic heterocycles. The first-order valence-electron chi connectivity index (χ1n) is 6.77. The zero-order valence-electron chi connectivity index (χ0n) is 12.2. The molecule has 1 rings (SSSR count). The van der Waals surface area contributed by atoms with Crippen LogP contribution in [0.4, 0.5) is 8.78 Å². The van der Waals surface area contributed by atoms with Gasteiger partial charge in [0.05, 0.1) is 6.04 Å². The predicted octanol–water partition coefficient (Wildman–Crippen LogP) is 3.33. The van der Waals surface area contributed by atoms with Gasteiger partial charge in [0.25, 0.3) is 0 Å². The molecule has 1 unspecified atom stereocenters. The maximum absolute atomic E-state index is 13.9. The molecule has 1 aromatic carbocycles. The average Bonchev–Trinajstić information content (AvgIpc) is 2.32. The van der Waals surface area contributed by atoms with Crippen LogP contribution in [0.1, 0.15) is 39.3 Å². The van der Waals surface area contributed by atoms with Gasteiger partial charge in [0.1, 0.15) is 11.6 Å². The van der Waals surface area contributed by atoms with Crippen LogP contribution in [0.5, 0.6) is 0 Å². The molecule has 0 saturated heterocycles. The van der Waals surface area contributed by atoms with E-state index in [0.717, 1.165) is 12.6 Å². The van der Waals surface area contributed by atoms with E-state index in [9.17, 15) is 8.78 Å². The first-order chi connectivity index (χ1) is 8.86. The lowest BCUT2D eigenvalue weighted by Crippen LogP contribution is -2.41. The molecule has 19 heavy (non-hydrogen) atoms. The van der Waals surface area contributed by atoms with Crippen molar-refractivity contribution < 1.29 is 8.78 Å². The SMILES string of the molecule is CC(C)CN(C(C)C)C(CN)c1cc(F)ccc1F. The Balaban J connectivity index is 3.11. The first kappa shape index (κ1) is 16.1. The monoisotopic (exact) mass is 270 g/mol. The van der Waals surface area contributed by atoms with E-state index in [2.05, 4.69) is 18.7 Å². The molecule has 1 atom stereocenters. The highest BCUT2D eigenvalue weighted by Crippen LogP contribution is 2.26. The maximum Gasteiger partial charge on any atom is 0.128 e. The normalized spacial score (nSPS) is 13.6. The Morgan fingerprint density at radius 3 is 2.26 bits per heavy atom. The Labute approximate surface area is 114 Å². The summed E-state index contributed by atoms with van der Waals surface area (Å²) in [5.74, 6) is -0.387. The lowest BCUT2D eigenvalue weighted by Gasteiger charge is -2.36. The number of nitrogens with zero attached hydrogens (tertiary/aromatic N) is 1. The Hall–Kier alpha value is -1.00. The molecule has 0 spiro atoms. The standard InChI is InChI=1S/C15H24F2N2/c1-10(2)9-19(11(3)4)15(8-18)13-7-12(16)5-6-14(13)17/h5-7,10-11,15H,8-9,18H2,1-4H3. The van der Waals surface area contributed by atoms with Gasteiger partial charge in [0, 0.05) is 24.7 Å². The van der Waals surface area contributed by atoms with Gasteiger partial charge in [-0.15, -0.1) is 0 Å². The van der Waals surface area contributed by atoms with Crippen molar-refractivity contribution in [1.29, 1.82) is 0 Å². The summed E-state index contributed by atoms with van der Waals surface area (Å²) in [4.78, 5) is 2.13. The van der Waals surface area contributed by atoms with Crippen LogP contribution in [-0.2, 0) is 0 Å². The minimum Gasteiger partial charge on any atom is -0.329 e. The minimum atomic E-state index is -0.428. The first-order valence-corrected chi connectivity index (χ1v) is 6.77. The summed E-state index contributed by atoms with van der Waals surface area (Å²) in [5.41, 5.74) is 6.15. The van der Waals surface area contributed by atoms with Gasteiger partial charge in [-0.1, -0.05) is 13.8 Å². The van der Waals surface area contributed by atoms with Crippen LogP contribution >= 0.6 is 0 Å². The smallest absolute Gasteiger partial charge is 0.128 e. The summed E-state index contributed by atoms with van der Waals surface area (Å²) in [7, 11) is 0. The number of benzene rings is 1. The lowest BCUT2D eigenvalue weighted by atomic mass is 10.0. The fraction of sp³-hybridized carbons (Fsp3) is 0.600. The highest BCUT2D eigenvalue weighted by Gasteiger charge is 2.25. The van der Waals surface area contributed by atoms with E-state index in [1.54, 1.807) is 0 Å². The number of hydrogen-bond acceptors (Lipinski definition) is 2. The molecule has 0 aliphatic heterocycles. The quantitative estimate of drug-likeness (QED) is 0.859. The van der Waals surface area contributed by atoms with Crippen LogP contribution in [0.15, 0.2) is 18.2 Å². The van der Waals surface area contributed by atoms with E-state index in [-0.39, 0.29) is 18.6 Å². The van der Waals surface area contributed by atoms with Crippen molar-refractivity contribution in [3.8, 4) is 0 Å². The molecule has 0 aliphatic carbocycles. The van der Waals surface area contributed by atoms with Crippen LogP contribution in [0.2, 0.25) is 0 Å². The Bertz CT molecular complexity index is 405. The van der Waals surface area contributed by atoms with Crippen LogP contribution in [-0.4, -0.2) is 24.0 Å². The number of halogens is 2. The van der Waals surface area contributed by atoms with E-state index < -0.39 is 11.6 Å². The third-order valence-electron chi connectivity index (χ3n) is 3.18. The van der Waals surface area contributed by atoms with Crippen LogP contribution in [0.25, 0.3) is 0 Å². The van der Waals surface area contributed by atoms with Crippen molar-refractivity contribution >= 4 is 0 Å². The summed E-state index contributed by atoms with van der Waals surface area (Å²) in [6, 6.07) is 3.48. The highest BCUT2D eigenvalue weighted by molar-refractivity contribution is 5.23. The molecular weight excluding hydrogens is 246 g/mol. The Morgan fingerprint density at radius 1 is 1.16 bits per heavy atom. The summed E-state index contributed by atoms with van der Waals surface area (Å²) in [6.07, 6.45) is 0. The van der Waals surface area contributed by atoms with Gasteiger partial charge in [0.15, 0.2) is 0 Å². The molecule has 0 saturated carbocycles. The van der Waals surface area contributed by atoms with Crippen molar-refractivity contribution in [2.45, 2.75) is 39.8 Å². The molecule has 0 radical (unpaired) electrons. The van der Waals surface area contributed by atoms with Crippen molar-refractivity contribution in [2.75, 3.05) is 13.1 Å². The second-order valence-electron chi connectivity index (χ2n) is 5.60. The molecule has 0 heterocycles. The fourth-order valence-electron chi connectivity index (χ4n) is 2.33. The second kappa shape index (κ2) is 6.96. The third kappa shape index (κ3) is 4.25. The summed E-state index contributed by atoms with van der Waals surface area (Å²) in [6.45, 7) is 9.36. The number of nitrogens with two attached hydrogens (primary N) is 1. The van der Waals surface area contributed by atoms with Crippen molar-refractivity contribution in [2.24, 2.45) is 11.7 Å². The minimum absolute atomic E-state index is 0.221. The summed E-state index contributed by atoms with van der Waals surface area (Å²) in [5, 5.41) is 0. The molecular formula is C15H24F2N2. The van der Waals surface area contributed by atoms with Crippen LogP contribution in [0, 0.1) is 17.6 Å². The summed E-state index contributed by atoms with van der Waals surface area (Å²) >= 11 is 0. The number of rotatable bonds is 6. The van der Waals surface area contributed by atoms with Crippen molar-refractivity contribution in [3.63, 3.8) is 0 Å². The van der Waals surface area contributed by atoms with Gasteiger partial charge in [-0.05, 0) is 38.0 Å². The maximum atomic E-state index is 13.9. The molecule has 0 aliphatic rings. The molecule has 1 aromatic rings. The zero-order valence-corrected chi connectivity index (χ0v) is 12.2. The van der Waals surface area contributed by atoms with Gasteiger partial charge in [-0.2, -0.15) is 0 Å². The van der Waals surface area contributed by atoms with Gasteiger partial charge in [-0.25, -0.2) is 8.78 Å². The number of hydrogen-bond donors (Lipinski definition) is 1. The third-order valence-corrected chi connectivity index (χ3v) is 3.18. The van der Waals surface area contributed by atoms with Crippen molar-refractivity contribution in [1.82, 2.24) is 4.90 Å². The van der Waals surface area contributed by atoms with E-state index in [0.29, 0.717) is 11.5 Å². The van der Waals surface area contributed by atoms with Gasteiger partial charge in [-0.3, -0.25) is 4.90 Å². The molecule has 2 N–H and O–H groups in total. The van der Waals surface area contributed by atoms with E-state index in [1.165, 1.54) is 12.1 Å². The van der Waals surface area contributed by atoms with Gasteiger partial charge in [0.2, 0.25) is 0 Å². The lowest BCUT2D eigenvalue weighted by molar-refractivity contribution is 0.135. The largest absolute Gasteiger partial charge is 0.329 e. The zero-order chi connectivity index (χ0) is 14.6. The molecule has 2 nitrogen and oxygen atoms in total. The van der Waals surface area contributed by atoms with E-state index in [4.69, 9.17) is 5.73 Å². The van der Waals surface area contributed by atoms with Crippen LogP contribution < -0.4 is 5.73 Å². The Morgan fingerprint density at radius 2 is 1.79 bits per heavy atom. The molecule has 108 valence electrons. The molecule has 4 heteroatoms. The average molecular weight is 270 g/mol. The van der Waals surface area contributed by atoms with Gasteiger partial charge < -0.3 is 5.73 Å². The molecule has 0 amide bonds. The van der Waals surface area contributed by atoms with Gasteiger partial charge >= 0.3 is 0 Å². The second-order valence-corrected chi connectivity index (χ2v) is 5.60. The molecule has 0 bridgehead atoms. The van der Waals surface area contributed by atoms with E-state index >= 15 is 0 Å². The molecule has 0 fully saturated rings. The fourth-order valence-corrected chi connectivity index (χ4v) is 2.33. The van der Waals surface area contributed by atoms with Crippen LogP contribution in [0.3, 0.4) is 0 Å². The van der Waals surface area contributed by atoms with E-state index in [1.807, 2.05) is 13.8 Å². The Kier molecular flexibility index (Phi) is 5.88. The predicted molar refractivity (Wildman–Crippen MR) is 74.8 cm³/mol. The topological polar surface area (TPSA) is 29.3 Å².